The third-order valence-corrected chi connectivity index (χ3v) is 3.37. The Morgan fingerprint density at radius 1 is 1.10 bits per heavy atom. The molecule has 0 atom stereocenters. The molecule has 0 fully saturated rings. The van der Waals surface area contributed by atoms with E-state index in [-0.39, 0.29) is 5.43 Å². The SMILES string of the molecule is COc1ccc(-c2coc3ccc(Cl)cc3c2=O)cc1. The average molecular weight is 287 g/mol. The normalized spacial score (nSPS) is 10.7. The lowest BCUT2D eigenvalue weighted by molar-refractivity contribution is 0.415. The Kier molecular flexibility index (Phi) is 3.20. The molecule has 0 aliphatic carbocycles. The molecule has 0 aliphatic heterocycles. The van der Waals surface area contributed by atoms with Crippen LogP contribution < -0.4 is 10.2 Å². The lowest BCUT2D eigenvalue weighted by Gasteiger charge is -2.04. The fourth-order valence-corrected chi connectivity index (χ4v) is 2.25. The zero-order valence-corrected chi connectivity index (χ0v) is 11.5. The molecule has 0 radical (unpaired) electrons. The molecule has 2 aromatic carbocycles. The quantitative estimate of drug-likeness (QED) is 0.711. The van der Waals surface area contributed by atoms with Crippen LogP contribution in [0.25, 0.3) is 22.1 Å². The van der Waals surface area contributed by atoms with Gasteiger partial charge in [-0.05, 0) is 35.9 Å². The second-order valence-electron chi connectivity index (χ2n) is 4.35. The number of hydrogen-bond donors (Lipinski definition) is 0. The second-order valence-corrected chi connectivity index (χ2v) is 4.78. The molecule has 20 heavy (non-hydrogen) atoms. The van der Waals surface area contributed by atoms with Crippen molar-refractivity contribution in [2.75, 3.05) is 7.11 Å². The van der Waals surface area contributed by atoms with Gasteiger partial charge < -0.3 is 9.15 Å². The van der Waals surface area contributed by atoms with E-state index in [1.54, 1.807) is 37.4 Å². The molecule has 100 valence electrons. The highest BCUT2D eigenvalue weighted by molar-refractivity contribution is 6.31. The van der Waals surface area contributed by atoms with Crippen LogP contribution >= 0.6 is 11.6 Å². The standard InChI is InChI=1S/C16H11ClO3/c1-19-12-5-2-10(3-6-12)14-9-20-15-7-4-11(17)8-13(15)16(14)18/h2-9H,1H3. The van der Waals surface area contributed by atoms with E-state index in [2.05, 4.69) is 0 Å². The maximum absolute atomic E-state index is 12.5. The van der Waals surface area contributed by atoms with Crippen LogP contribution in [0.4, 0.5) is 0 Å². The summed E-state index contributed by atoms with van der Waals surface area (Å²) in [5.74, 6) is 0.738. The van der Waals surface area contributed by atoms with Crippen LogP contribution in [-0.2, 0) is 0 Å². The lowest BCUT2D eigenvalue weighted by atomic mass is 10.1. The highest BCUT2D eigenvalue weighted by atomic mass is 35.5. The summed E-state index contributed by atoms with van der Waals surface area (Å²) in [6, 6.07) is 12.3. The van der Waals surface area contributed by atoms with E-state index in [4.69, 9.17) is 20.8 Å². The van der Waals surface area contributed by atoms with Gasteiger partial charge in [-0.2, -0.15) is 0 Å². The van der Waals surface area contributed by atoms with E-state index in [1.807, 2.05) is 12.1 Å². The summed E-state index contributed by atoms with van der Waals surface area (Å²) in [6.45, 7) is 0. The maximum Gasteiger partial charge on any atom is 0.200 e. The number of methoxy groups -OCH3 is 1. The molecule has 0 N–H and O–H groups in total. The summed E-state index contributed by atoms with van der Waals surface area (Å²) in [5, 5.41) is 0.988. The minimum atomic E-state index is -0.0982. The van der Waals surface area contributed by atoms with Crippen molar-refractivity contribution in [3.05, 3.63) is 64.0 Å². The molecule has 1 heterocycles. The summed E-state index contributed by atoms with van der Waals surface area (Å²) < 4.78 is 10.6. The van der Waals surface area contributed by atoms with Gasteiger partial charge in [0.1, 0.15) is 17.6 Å². The highest BCUT2D eigenvalue weighted by Crippen LogP contribution is 2.23. The highest BCUT2D eigenvalue weighted by Gasteiger charge is 2.09. The van der Waals surface area contributed by atoms with Crippen molar-refractivity contribution in [2.45, 2.75) is 0 Å². The molecular weight excluding hydrogens is 276 g/mol. The smallest absolute Gasteiger partial charge is 0.200 e. The Morgan fingerprint density at radius 3 is 2.55 bits per heavy atom. The monoisotopic (exact) mass is 286 g/mol. The predicted molar refractivity (Wildman–Crippen MR) is 79.5 cm³/mol. The number of ether oxygens (including phenoxy) is 1. The van der Waals surface area contributed by atoms with Crippen LogP contribution in [0.2, 0.25) is 5.02 Å². The molecule has 0 unspecified atom stereocenters. The summed E-state index contributed by atoms with van der Waals surface area (Å²) in [7, 11) is 1.60. The molecule has 1 aromatic heterocycles. The summed E-state index contributed by atoms with van der Waals surface area (Å²) in [4.78, 5) is 12.5. The van der Waals surface area contributed by atoms with Crippen LogP contribution in [0.1, 0.15) is 0 Å². The fraction of sp³-hybridized carbons (Fsp3) is 0.0625. The van der Waals surface area contributed by atoms with Gasteiger partial charge in [0.05, 0.1) is 18.1 Å². The van der Waals surface area contributed by atoms with Crippen molar-refractivity contribution in [1.82, 2.24) is 0 Å². The van der Waals surface area contributed by atoms with E-state index < -0.39 is 0 Å². The van der Waals surface area contributed by atoms with Gasteiger partial charge in [-0.15, -0.1) is 0 Å². The zero-order valence-electron chi connectivity index (χ0n) is 10.7. The van der Waals surface area contributed by atoms with E-state index >= 15 is 0 Å². The summed E-state index contributed by atoms with van der Waals surface area (Å²) in [5.41, 5.74) is 1.71. The van der Waals surface area contributed by atoms with Crippen LogP contribution in [0.15, 0.2) is 57.9 Å². The van der Waals surface area contributed by atoms with Gasteiger partial charge in [-0.3, -0.25) is 4.79 Å². The van der Waals surface area contributed by atoms with Crippen LogP contribution in [0.5, 0.6) is 5.75 Å². The van der Waals surface area contributed by atoms with Gasteiger partial charge in [0, 0.05) is 5.02 Å². The lowest BCUT2D eigenvalue weighted by Crippen LogP contribution is -2.04. The van der Waals surface area contributed by atoms with E-state index in [0.29, 0.717) is 21.6 Å². The van der Waals surface area contributed by atoms with Crippen molar-refractivity contribution in [2.24, 2.45) is 0 Å². The topological polar surface area (TPSA) is 39.4 Å². The van der Waals surface area contributed by atoms with Crippen LogP contribution in [-0.4, -0.2) is 7.11 Å². The first-order valence-corrected chi connectivity index (χ1v) is 6.42. The molecule has 4 heteroatoms. The van der Waals surface area contributed by atoms with E-state index in [9.17, 15) is 4.79 Å². The van der Waals surface area contributed by atoms with E-state index in [0.717, 1.165) is 11.3 Å². The molecule has 3 aromatic rings. The van der Waals surface area contributed by atoms with Crippen LogP contribution in [0, 0.1) is 0 Å². The first-order valence-electron chi connectivity index (χ1n) is 6.04. The third kappa shape index (κ3) is 2.17. The zero-order chi connectivity index (χ0) is 14.1. The molecule has 0 saturated heterocycles. The summed E-state index contributed by atoms with van der Waals surface area (Å²) in [6.07, 6.45) is 1.47. The van der Waals surface area contributed by atoms with Gasteiger partial charge >= 0.3 is 0 Å². The number of hydrogen-bond acceptors (Lipinski definition) is 3. The molecule has 3 nitrogen and oxygen atoms in total. The maximum atomic E-state index is 12.5. The van der Waals surface area contributed by atoms with Gasteiger partial charge in [-0.1, -0.05) is 23.7 Å². The molecule has 3 rings (SSSR count). The first kappa shape index (κ1) is 12.8. The van der Waals surface area contributed by atoms with Gasteiger partial charge in [0.2, 0.25) is 5.43 Å². The Hall–Kier alpha value is -2.26. The number of rotatable bonds is 2. The Balaban J connectivity index is 2.20. The van der Waals surface area contributed by atoms with E-state index in [1.165, 1.54) is 6.26 Å². The fourth-order valence-electron chi connectivity index (χ4n) is 2.07. The molecule has 0 amide bonds. The first-order chi connectivity index (χ1) is 9.69. The second kappa shape index (κ2) is 5.02. The van der Waals surface area contributed by atoms with Crippen molar-refractivity contribution < 1.29 is 9.15 Å². The number of benzene rings is 2. The molecule has 0 bridgehead atoms. The van der Waals surface area contributed by atoms with Crippen LogP contribution in [0.3, 0.4) is 0 Å². The predicted octanol–water partition coefficient (Wildman–Crippen LogP) is 4.12. The van der Waals surface area contributed by atoms with Gasteiger partial charge in [0.15, 0.2) is 0 Å². The van der Waals surface area contributed by atoms with Gasteiger partial charge in [0.25, 0.3) is 0 Å². The Bertz CT molecular complexity index is 819. The van der Waals surface area contributed by atoms with Crippen molar-refractivity contribution in [3.8, 4) is 16.9 Å². The number of fused-ring (bicyclic) bond motifs is 1. The number of halogens is 1. The summed E-state index contributed by atoms with van der Waals surface area (Å²) >= 11 is 5.93. The Morgan fingerprint density at radius 2 is 1.85 bits per heavy atom. The molecule has 0 aliphatic rings. The van der Waals surface area contributed by atoms with Crippen molar-refractivity contribution in [1.29, 1.82) is 0 Å². The van der Waals surface area contributed by atoms with Gasteiger partial charge in [-0.25, -0.2) is 0 Å². The third-order valence-electron chi connectivity index (χ3n) is 3.14. The Labute approximate surface area is 120 Å². The van der Waals surface area contributed by atoms with Crippen molar-refractivity contribution >= 4 is 22.6 Å². The van der Waals surface area contributed by atoms with Crippen molar-refractivity contribution in [3.63, 3.8) is 0 Å². The molecule has 0 saturated carbocycles. The minimum Gasteiger partial charge on any atom is -0.497 e. The average Bonchev–Trinajstić information content (AvgIpc) is 2.48. The minimum absolute atomic E-state index is 0.0982. The largest absolute Gasteiger partial charge is 0.497 e. The molecular formula is C16H11ClO3. The molecule has 0 spiro atoms.